The molecule has 3 fully saturated rings. The van der Waals surface area contributed by atoms with Gasteiger partial charge >= 0.3 is 0 Å². The highest BCUT2D eigenvalue weighted by molar-refractivity contribution is 5.01. The first-order chi connectivity index (χ1) is 4.93. The number of rotatable bonds is 1. The van der Waals surface area contributed by atoms with Gasteiger partial charge < -0.3 is 5.32 Å². The van der Waals surface area contributed by atoms with Crippen molar-refractivity contribution in [1.82, 2.24) is 10.2 Å². The largest absolute Gasteiger partial charge is 0.314 e. The molecule has 1 saturated carbocycles. The molecular formula is C8H14N2. The number of nitrogens with zero attached hydrogens (tertiary/aromatic N) is 1. The Balaban J connectivity index is 1.63. The Hall–Kier alpha value is -0.0800. The van der Waals surface area contributed by atoms with Crippen molar-refractivity contribution >= 4 is 0 Å². The average molecular weight is 138 g/mol. The van der Waals surface area contributed by atoms with Crippen molar-refractivity contribution in [3.63, 3.8) is 0 Å². The first kappa shape index (κ1) is 5.56. The van der Waals surface area contributed by atoms with Crippen LogP contribution < -0.4 is 5.32 Å². The summed E-state index contributed by atoms with van der Waals surface area (Å²) in [7, 11) is 0. The molecule has 2 nitrogen and oxygen atoms in total. The van der Waals surface area contributed by atoms with E-state index in [0.29, 0.717) is 0 Å². The summed E-state index contributed by atoms with van der Waals surface area (Å²) in [4.78, 5) is 2.68. The Morgan fingerprint density at radius 3 is 2.30 bits per heavy atom. The maximum Gasteiger partial charge on any atom is 0.0345 e. The molecule has 2 saturated heterocycles. The molecule has 1 aliphatic carbocycles. The van der Waals surface area contributed by atoms with E-state index in [4.69, 9.17) is 0 Å². The van der Waals surface area contributed by atoms with Crippen molar-refractivity contribution in [2.75, 3.05) is 26.2 Å². The van der Waals surface area contributed by atoms with Crippen molar-refractivity contribution in [2.45, 2.75) is 12.5 Å². The van der Waals surface area contributed by atoms with E-state index < -0.39 is 0 Å². The molecule has 10 heavy (non-hydrogen) atoms. The molecule has 2 heterocycles. The second kappa shape index (κ2) is 1.74. The molecule has 0 bridgehead atoms. The fourth-order valence-electron chi connectivity index (χ4n) is 2.26. The molecule has 2 atom stereocenters. The second-order valence-corrected chi connectivity index (χ2v) is 4.02. The van der Waals surface area contributed by atoms with Gasteiger partial charge in [-0.3, -0.25) is 4.90 Å². The van der Waals surface area contributed by atoms with Gasteiger partial charge in [0.05, 0.1) is 0 Å². The lowest BCUT2D eigenvalue weighted by molar-refractivity contribution is 0.163. The topological polar surface area (TPSA) is 15.3 Å². The highest BCUT2D eigenvalue weighted by Crippen LogP contribution is 2.45. The fourth-order valence-corrected chi connectivity index (χ4v) is 2.26. The van der Waals surface area contributed by atoms with Gasteiger partial charge in [0.25, 0.3) is 0 Å². The smallest absolute Gasteiger partial charge is 0.0345 e. The van der Waals surface area contributed by atoms with Gasteiger partial charge in [0.2, 0.25) is 0 Å². The molecule has 56 valence electrons. The standard InChI is InChI=1S/C8H14N2/c1-6-4-10(5-7(1)6)8-2-9-3-8/h6-9H,1-5H2. The van der Waals surface area contributed by atoms with Gasteiger partial charge in [-0.25, -0.2) is 0 Å². The van der Waals surface area contributed by atoms with Crippen LogP contribution in [0, 0.1) is 11.8 Å². The van der Waals surface area contributed by atoms with Gasteiger partial charge in [0.1, 0.15) is 0 Å². The summed E-state index contributed by atoms with van der Waals surface area (Å²) in [6.07, 6.45) is 1.54. The minimum absolute atomic E-state index is 0.910. The zero-order chi connectivity index (χ0) is 6.55. The van der Waals surface area contributed by atoms with Crippen LogP contribution in [-0.2, 0) is 0 Å². The van der Waals surface area contributed by atoms with E-state index in [1.54, 1.807) is 0 Å². The first-order valence-electron chi connectivity index (χ1n) is 4.38. The van der Waals surface area contributed by atoms with Gasteiger partial charge in [0.15, 0.2) is 0 Å². The van der Waals surface area contributed by atoms with Crippen LogP contribution >= 0.6 is 0 Å². The second-order valence-electron chi connectivity index (χ2n) is 4.02. The molecule has 0 radical (unpaired) electrons. The Morgan fingerprint density at radius 2 is 1.80 bits per heavy atom. The zero-order valence-electron chi connectivity index (χ0n) is 6.21. The fraction of sp³-hybridized carbons (Fsp3) is 1.00. The highest BCUT2D eigenvalue weighted by atomic mass is 15.3. The molecule has 2 aliphatic heterocycles. The van der Waals surface area contributed by atoms with E-state index in [9.17, 15) is 0 Å². The molecule has 0 spiro atoms. The lowest BCUT2D eigenvalue weighted by Crippen LogP contribution is -2.56. The van der Waals surface area contributed by atoms with Crippen LogP contribution in [-0.4, -0.2) is 37.1 Å². The number of likely N-dealkylation sites (tertiary alicyclic amines) is 1. The molecule has 2 unspecified atom stereocenters. The van der Waals surface area contributed by atoms with Gasteiger partial charge in [-0.1, -0.05) is 0 Å². The summed E-state index contributed by atoms with van der Waals surface area (Å²) in [6, 6.07) is 0.910. The Bertz CT molecular complexity index is 143. The summed E-state index contributed by atoms with van der Waals surface area (Å²) in [5.41, 5.74) is 0. The molecular weight excluding hydrogens is 124 g/mol. The van der Waals surface area contributed by atoms with Crippen LogP contribution in [0.15, 0.2) is 0 Å². The Morgan fingerprint density at radius 1 is 1.10 bits per heavy atom. The molecule has 2 heteroatoms. The summed E-state index contributed by atoms with van der Waals surface area (Å²) in [5.74, 6) is 2.22. The normalized spacial score (nSPS) is 46.8. The summed E-state index contributed by atoms with van der Waals surface area (Å²) >= 11 is 0. The van der Waals surface area contributed by atoms with Crippen LogP contribution in [0.4, 0.5) is 0 Å². The maximum absolute atomic E-state index is 3.33. The molecule has 3 aliphatic rings. The van der Waals surface area contributed by atoms with Crippen molar-refractivity contribution in [2.24, 2.45) is 11.8 Å². The van der Waals surface area contributed by atoms with Crippen molar-refractivity contribution in [3.05, 3.63) is 0 Å². The number of hydrogen-bond acceptors (Lipinski definition) is 2. The van der Waals surface area contributed by atoms with E-state index in [-0.39, 0.29) is 0 Å². The molecule has 0 aromatic rings. The molecule has 3 rings (SSSR count). The molecule has 0 amide bonds. The average Bonchev–Trinajstić information content (AvgIpc) is 2.36. The summed E-state index contributed by atoms with van der Waals surface area (Å²) in [5, 5.41) is 3.33. The van der Waals surface area contributed by atoms with Crippen LogP contribution in [0.3, 0.4) is 0 Å². The van der Waals surface area contributed by atoms with Gasteiger partial charge in [-0.05, 0) is 18.3 Å². The first-order valence-corrected chi connectivity index (χ1v) is 4.38. The van der Waals surface area contributed by atoms with Crippen LogP contribution in [0.5, 0.6) is 0 Å². The van der Waals surface area contributed by atoms with E-state index in [0.717, 1.165) is 17.9 Å². The zero-order valence-corrected chi connectivity index (χ0v) is 6.21. The van der Waals surface area contributed by atoms with Crippen LogP contribution in [0.1, 0.15) is 6.42 Å². The van der Waals surface area contributed by atoms with Crippen molar-refractivity contribution in [1.29, 1.82) is 0 Å². The summed E-state index contributed by atoms with van der Waals surface area (Å²) in [6.45, 7) is 5.33. The number of hydrogen-bond donors (Lipinski definition) is 1. The third-order valence-corrected chi connectivity index (χ3v) is 3.28. The highest BCUT2D eigenvalue weighted by Gasteiger charge is 2.47. The SMILES string of the molecule is C1C2CN(C3CNC3)CC12. The van der Waals surface area contributed by atoms with E-state index >= 15 is 0 Å². The van der Waals surface area contributed by atoms with Gasteiger partial charge in [-0.15, -0.1) is 0 Å². The predicted molar refractivity (Wildman–Crippen MR) is 39.8 cm³/mol. The lowest BCUT2D eigenvalue weighted by Gasteiger charge is -2.36. The summed E-state index contributed by atoms with van der Waals surface area (Å²) < 4.78 is 0. The van der Waals surface area contributed by atoms with Crippen molar-refractivity contribution < 1.29 is 0 Å². The van der Waals surface area contributed by atoms with E-state index in [2.05, 4.69) is 10.2 Å². The third-order valence-electron chi connectivity index (χ3n) is 3.28. The number of fused-ring (bicyclic) bond motifs is 1. The van der Waals surface area contributed by atoms with Gasteiger partial charge in [-0.2, -0.15) is 0 Å². The number of piperidine rings is 1. The third kappa shape index (κ3) is 0.663. The van der Waals surface area contributed by atoms with Crippen LogP contribution in [0.25, 0.3) is 0 Å². The van der Waals surface area contributed by atoms with E-state index in [1.165, 1.54) is 32.6 Å². The molecule has 0 aromatic heterocycles. The quantitative estimate of drug-likeness (QED) is 0.545. The Labute approximate surface area is 61.6 Å². The minimum Gasteiger partial charge on any atom is -0.314 e. The maximum atomic E-state index is 3.33. The number of nitrogens with one attached hydrogen (secondary N) is 1. The monoisotopic (exact) mass is 138 g/mol. The minimum atomic E-state index is 0.910. The predicted octanol–water partition coefficient (Wildman–Crippen LogP) is -0.0901. The Kier molecular flexibility index (Phi) is 0.968. The molecule has 1 N–H and O–H groups in total. The van der Waals surface area contributed by atoms with Crippen molar-refractivity contribution in [3.8, 4) is 0 Å². The lowest BCUT2D eigenvalue weighted by atomic mass is 10.1. The van der Waals surface area contributed by atoms with E-state index in [1.807, 2.05) is 0 Å². The molecule has 0 aromatic carbocycles. The van der Waals surface area contributed by atoms with Gasteiger partial charge in [0, 0.05) is 32.2 Å². The van der Waals surface area contributed by atoms with Crippen LogP contribution in [0.2, 0.25) is 0 Å².